The lowest BCUT2D eigenvalue weighted by Crippen LogP contribution is -2.40. The van der Waals surface area contributed by atoms with Gasteiger partial charge in [0.1, 0.15) is 29.9 Å². The molecule has 15 heteroatoms. The van der Waals surface area contributed by atoms with Crippen LogP contribution in [0.3, 0.4) is 0 Å². The number of carbonyl (C=O) groups is 5. The van der Waals surface area contributed by atoms with Crippen molar-refractivity contribution < 1.29 is 48.7 Å². The van der Waals surface area contributed by atoms with Gasteiger partial charge in [0.2, 0.25) is 11.8 Å². The second kappa shape index (κ2) is 20.2. The highest BCUT2D eigenvalue weighted by Crippen LogP contribution is 2.38. The standard InChI is InChI=1S/C45H60N4O10S/c1-22-13-24(3)39(25(4)14-22)58-45(56)38-29(8)36(48-42(38)49-37(51)11-10-12-60-33-18-31(43(52)53)17-32(19-33)44(54)55)20-35-28(7)34(41(47-35)46-30(9)50)21-57-59-40-26(5)15-23(2)16-27(40)6/h17-20,22-27,39-40,47H,10-16,21H2,1-9H3,(H,46,50)(H,52,53)(H,54,55)(H,48,49,51)/b36-20-. The Bertz CT molecular complexity index is 2010. The van der Waals surface area contributed by atoms with Gasteiger partial charge in [0.05, 0.1) is 22.9 Å². The molecular formula is C45H60N4O10S. The molecule has 1 aliphatic heterocycles. The highest BCUT2D eigenvalue weighted by Gasteiger charge is 2.38. The predicted octanol–water partition coefficient (Wildman–Crippen LogP) is 8.57. The number of benzene rings is 1. The SMILES string of the molecule is CC(=O)Nc1[nH]c(/C=C2\N=C(NC(=O)CCCSc3cc(C(=O)O)cc(C(=O)O)c3)C(C(=O)OC3C(C)CC(C)CC3C)=C2C)c(C)c1COOC1C(C)CC(C)CC1C. The highest BCUT2D eigenvalue weighted by atomic mass is 32.2. The summed E-state index contributed by atoms with van der Waals surface area (Å²) in [5, 5.41) is 24.5. The van der Waals surface area contributed by atoms with Crippen LogP contribution in [0.4, 0.5) is 5.82 Å². The van der Waals surface area contributed by atoms with E-state index in [4.69, 9.17) is 19.5 Å². The van der Waals surface area contributed by atoms with E-state index in [0.717, 1.165) is 37.3 Å². The zero-order valence-electron chi connectivity index (χ0n) is 36.1. The van der Waals surface area contributed by atoms with Crippen LogP contribution in [0.15, 0.2) is 44.9 Å². The molecule has 0 saturated heterocycles. The Balaban J connectivity index is 1.37. The van der Waals surface area contributed by atoms with E-state index in [1.807, 2.05) is 6.92 Å². The quantitative estimate of drug-likeness (QED) is 0.0377. The number of hydrogen-bond donors (Lipinski definition) is 5. The van der Waals surface area contributed by atoms with Crippen LogP contribution in [0.25, 0.3) is 6.08 Å². The fourth-order valence-corrected chi connectivity index (χ4v) is 10.1. The summed E-state index contributed by atoms with van der Waals surface area (Å²) in [5.41, 5.74) is 2.88. The van der Waals surface area contributed by atoms with E-state index in [0.29, 0.717) is 69.1 Å². The average molecular weight is 849 g/mol. The summed E-state index contributed by atoms with van der Waals surface area (Å²) >= 11 is 1.24. The third-order valence-corrected chi connectivity index (χ3v) is 12.9. The molecule has 3 aliphatic rings. The number of ether oxygens (including phenoxy) is 1. The number of H-pyrrole nitrogens is 1. The number of nitrogens with one attached hydrogen (secondary N) is 3. The minimum atomic E-state index is -1.24. The number of anilines is 1. The normalized spacial score (nSPS) is 26.1. The molecule has 326 valence electrons. The molecule has 5 N–H and O–H groups in total. The number of aromatic carboxylic acids is 2. The van der Waals surface area contributed by atoms with Gasteiger partial charge in [-0.1, -0.05) is 41.5 Å². The molecule has 2 aromatic rings. The molecule has 14 nitrogen and oxygen atoms in total. The van der Waals surface area contributed by atoms with Crippen molar-refractivity contribution in [2.75, 3.05) is 11.1 Å². The summed E-state index contributed by atoms with van der Waals surface area (Å²) < 4.78 is 6.21. The molecule has 2 saturated carbocycles. The van der Waals surface area contributed by atoms with E-state index in [-0.39, 0.29) is 65.5 Å². The number of hydrogen-bond acceptors (Lipinski definition) is 10. The number of carboxylic acids is 2. The van der Waals surface area contributed by atoms with Crippen LogP contribution in [-0.4, -0.2) is 68.7 Å². The van der Waals surface area contributed by atoms with Crippen molar-refractivity contribution >= 4 is 59.2 Å². The first-order valence-corrected chi connectivity index (χ1v) is 21.9. The van der Waals surface area contributed by atoms with Gasteiger partial charge in [-0.25, -0.2) is 29.2 Å². The fourth-order valence-electron chi connectivity index (χ4n) is 9.16. The summed E-state index contributed by atoms with van der Waals surface area (Å²) in [6, 6.07) is 3.89. The second-order valence-corrected chi connectivity index (χ2v) is 18.5. The smallest absolute Gasteiger partial charge is 0.342 e. The van der Waals surface area contributed by atoms with E-state index < -0.39 is 23.8 Å². The minimum Gasteiger partial charge on any atom is -0.478 e. The Labute approximate surface area is 356 Å². The van der Waals surface area contributed by atoms with Gasteiger partial charge in [-0.3, -0.25) is 9.59 Å². The van der Waals surface area contributed by atoms with Gasteiger partial charge in [0.15, 0.2) is 0 Å². The van der Waals surface area contributed by atoms with E-state index in [9.17, 15) is 34.2 Å². The molecule has 60 heavy (non-hydrogen) atoms. The van der Waals surface area contributed by atoms with Crippen LogP contribution >= 0.6 is 11.8 Å². The van der Waals surface area contributed by atoms with Crippen LogP contribution in [0.2, 0.25) is 0 Å². The number of aliphatic imine (C=N–C) groups is 1. The fraction of sp³-hybridized carbons (Fsp3) is 0.556. The molecule has 1 aromatic carbocycles. The van der Waals surface area contributed by atoms with Crippen molar-refractivity contribution in [2.45, 2.75) is 125 Å². The zero-order chi connectivity index (χ0) is 44.0. The third kappa shape index (κ3) is 11.5. The molecule has 2 fully saturated rings. The summed E-state index contributed by atoms with van der Waals surface area (Å²) in [5.74, 6) is -0.719. The van der Waals surface area contributed by atoms with Crippen LogP contribution in [-0.2, 0) is 35.5 Å². The molecule has 4 atom stereocenters. The van der Waals surface area contributed by atoms with E-state index in [2.05, 4.69) is 57.2 Å². The topological polar surface area (TPSA) is 206 Å². The number of thioether (sulfide) groups is 1. The summed E-state index contributed by atoms with van der Waals surface area (Å²) in [7, 11) is 0. The first-order valence-electron chi connectivity index (χ1n) is 20.9. The highest BCUT2D eigenvalue weighted by molar-refractivity contribution is 7.99. The third-order valence-electron chi connectivity index (χ3n) is 11.9. The molecule has 4 unspecified atom stereocenters. The molecule has 2 heterocycles. The summed E-state index contributed by atoms with van der Waals surface area (Å²) in [6.45, 7) is 18.1. The Morgan fingerprint density at radius 2 is 1.42 bits per heavy atom. The maximum Gasteiger partial charge on any atom is 0.342 e. The summed E-state index contributed by atoms with van der Waals surface area (Å²) in [6.07, 6.45) is 5.78. The Morgan fingerprint density at radius 3 is 1.97 bits per heavy atom. The first kappa shape index (κ1) is 46.3. The number of aromatic nitrogens is 1. The van der Waals surface area contributed by atoms with E-state index in [1.165, 1.54) is 30.8 Å². The zero-order valence-corrected chi connectivity index (χ0v) is 36.9. The number of amides is 2. The second-order valence-electron chi connectivity index (χ2n) is 17.3. The largest absolute Gasteiger partial charge is 0.478 e. The van der Waals surface area contributed by atoms with Gasteiger partial charge in [-0.2, -0.15) is 0 Å². The molecule has 2 aliphatic carbocycles. The van der Waals surface area contributed by atoms with E-state index >= 15 is 0 Å². The van der Waals surface area contributed by atoms with Gasteiger partial charge in [-0.05, 0) is 123 Å². The van der Waals surface area contributed by atoms with Crippen molar-refractivity contribution in [2.24, 2.45) is 40.5 Å². The van der Waals surface area contributed by atoms with Gasteiger partial charge < -0.3 is 30.6 Å². The van der Waals surface area contributed by atoms with Gasteiger partial charge >= 0.3 is 17.9 Å². The van der Waals surface area contributed by atoms with E-state index in [1.54, 1.807) is 13.0 Å². The predicted molar refractivity (Wildman–Crippen MR) is 229 cm³/mol. The van der Waals surface area contributed by atoms with Crippen molar-refractivity contribution in [1.82, 2.24) is 10.3 Å². The number of rotatable bonds is 15. The average Bonchev–Trinajstić information content (AvgIpc) is 3.61. The number of amidine groups is 1. The molecule has 5 rings (SSSR count). The van der Waals surface area contributed by atoms with Gasteiger partial charge in [0, 0.05) is 29.5 Å². The molecule has 2 amide bonds. The number of carbonyl (C=O) groups excluding carboxylic acids is 3. The molecule has 0 bridgehead atoms. The van der Waals surface area contributed by atoms with Crippen LogP contribution in [0.1, 0.15) is 131 Å². The minimum absolute atomic E-state index is 0.0457. The van der Waals surface area contributed by atoms with Crippen molar-refractivity contribution in [3.63, 3.8) is 0 Å². The van der Waals surface area contributed by atoms with Gasteiger partial charge in [-0.15, -0.1) is 11.8 Å². The van der Waals surface area contributed by atoms with Gasteiger partial charge in [0.25, 0.3) is 0 Å². The Hall–Kier alpha value is -4.73. The number of aromatic amines is 1. The molecule has 1 aromatic heterocycles. The number of carboxylic acid groups (broad SMARTS) is 2. The van der Waals surface area contributed by atoms with Crippen molar-refractivity contribution in [3.8, 4) is 0 Å². The lowest BCUT2D eigenvalue weighted by molar-refractivity contribution is -0.354. The first-order chi connectivity index (χ1) is 28.3. The molecule has 0 spiro atoms. The molecular weight excluding hydrogens is 789 g/mol. The monoisotopic (exact) mass is 848 g/mol. The van der Waals surface area contributed by atoms with Crippen molar-refractivity contribution in [1.29, 1.82) is 0 Å². The van der Waals surface area contributed by atoms with Crippen molar-refractivity contribution in [3.05, 3.63) is 63.0 Å². The number of allylic oxidation sites excluding steroid dienone is 1. The van der Waals surface area contributed by atoms with Crippen LogP contribution in [0.5, 0.6) is 0 Å². The Kier molecular flexibility index (Phi) is 15.6. The lowest BCUT2D eigenvalue weighted by Gasteiger charge is -2.37. The maximum atomic E-state index is 14.1. The Morgan fingerprint density at radius 1 is 0.850 bits per heavy atom. The van der Waals surface area contributed by atoms with Crippen LogP contribution in [0, 0.1) is 42.4 Å². The summed E-state index contributed by atoms with van der Waals surface area (Å²) in [4.78, 5) is 83.2. The number of esters is 1. The van der Waals surface area contributed by atoms with Crippen LogP contribution < -0.4 is 10.6 Å². The lowest BCUT2D eigenvalue weighted by atomic mass is 9.75. The number of nitrogens with zero attached hydrogens (tertiary/aromatic N) is 1. The molecule has 0 radical (unpaired) electrons. The maximum absolute atomic E-state index is 14.1.